The molecule has 1 fully saturated rings. The molecule has 0 aliphatic heterocycles. The first-order valence-electron chi connectivity index (χ1n) is 5.63. The van der Waals surface area contributed by atoms with Gasteiger partial charge >= 0.3 is 0 Å². The summed E-state index contributed by atoms with van der Waals surface area (Å²) >= 11 is 0. The molecule has 1 amide bonds. The van der Waals surface area contributed by atoms with Crippen molar-refractivity contribution in [2.24, 2.45) is 0 Å². The molecule has 1 aliphatic rings. The maximum absolute atomic E-state index is 11.6. The average molecular weight is 214 g/mol. The summed E-state index contributed by atoms with van der Waals surface area (Å²) in [6.07, 6.45) is 2.45. The second-order valence-electron chi connectivity index (χ2n) is 4.37. The third kappa shape index (κ3) is 3.47. The normalized spacial score (nSPS) is 26.9. The van der Waals surface area contributed by atoms with Gasteiger partial charge in [0.2, 0.25) is 5.91 Å². The number of hydrogen-bond acceptors (Lipinski definition) is 3. The number of carbonyl (C=O) groups is 1. The van der Waals surface area contributed by atoms with Crippen LogP contribution in [0.2, 0.25) is 0 Å². The molecule has 1 rings (SSSR count). The Morgan fingerprint density at radius 3 is 2.60 bits per heavy atom. The maximum atomic E-state index is 11.6. The zero-order valence-corrected chi connectivity index (χ0v) is 10.1. The summed E-state index contributed by atoms with van der Waals surface area (Å²) in [5.41, 5.74) is 0. The lowest BCUT2D eigenvalue weighted by atomic mass is 9.88. The van der Waals surface area contributed by atoms with E-state index in [4.69, 9.17) is 4.74 Å². The Morgan fingerprint density at radius 2 is 2.13 bits per heavy atom. The third-order valence-corrected chi connectivity index (χ3v) is 2.79. The fraction of sp³-hybridized carbons (Fsp3) is 0.909. The van der Waals surface area contributed by atoms with Gasteiger partial charge in [-0.25, -0.2) is 0 Å². The van der Waals surface area contributed by atoms with Crippen molar-refractivity contribution >= 4 is 5.91 Å². The summed E-state index contributed by atoms with van der Waals surface area (Å²) in [5, 5.41) is 3.31. The van der Waals surface area contributed by atoms with Crippen molar-refractivity contribution in [1.29, 1.82) is 0 Å². The Bertz CT molecular complexity index is 213. The molecule has 0 aromatic carbocycles. The highest BCUT2D eigenvalue weighted by molar-refractivity contribution is 5.80. The zero-order valence-electron chi connectivity index (χ0n) is 10.1. The lowest BCUT2D eigenvalue weighted by Gasteiger charge is -2.37. The van der Waals surface area contributed by atoms with Gasteiger partial charge in [-0.2, -0.15) is 0 Å². The molecule has 0 aromatic rings. The fourth-order valence-corrected chi connectivity index (χ4v) is 1.89. The molecule has 1 saturated carbocycles. The second kappa shape index (κ2) is 5.47. The first kappa shape index (κ1) is 12.5. The number of likely N-dealkylation sites (N-methyl/N-ethyl adjacent to an activating group) is 1. The minimum Gasteiger partial charge on any atom is -0.378 e. The van der Waals surface area contributed by atoms with E-state index in [-0.39, 0.29) is 11.9 Å². The van der Waals surface area contributed by atoms with Gasteiger partial charge in [-0.05, 0) is 26.7 Å². The number of nitrogens with zero attached hydrogens (tertiary/aromatic N) is 1. The summed E-state index contributed by atoms with van der Waals surface area (Å²) in [5.74, 6) is 0.134. The number of rotatable bonds is 5. The molecule has 4 nitrogen and oxygen atoms in total. The van der Waals surface area contributed by atoms with E-state index in [0.717, 1.165) is 19.4 Å². The zero-order chi connectivity index (χ0) is 11.4. The Labute approximate surface area is 92.0 Å². The molecule has 1 atom stereocenters. The lowest BCUT2D eigenvalue weighted by molar-refractivity contribution is -0.131. The van der Waals surface area contributed by atoms with Crippen LogP contribution in [0.15, 0.2) is 0 Å². The van der Waals surface area contributed by atoms with E-state index in [1.54, 1.807) is 19.0 Å². The van der Waals surface area contributed by atoms with Crippen molar-refractivity contribution in [2.75, 3.05) is 20.7 Å². The minimum atomic E-state index is -0.0902. The smallest absolute Gasteiger partial charge is 0.238 e. The largest absolute Gasteiger partial charge is 0.378 e. The predicted octanol–water partition coefficient (Wildman–Crippen LogP) is 0.620. The molecule has 15 heavy (non-hydrogen) atoms. The van der Waals surface area contributed by atoms with Crippen LogP contribution >= 0.6 is 0 Å². The quantitative estimate of drug-likeness (QED) is 0.729. The Balaban J connectivity index is 2.18. The molecule has 0 heterocycles. The summed E-state index contributed by atoms with van der Waals surface area (Å²) in [6, 6.07) is 0.355. The van der Waals surface area contributed by atoms with E-state index in [1.165, 1.54) is 0 Å². The molecule has 1 unspecified atom stereocenters. The van der Waals surface area contributed by atoms with Crippen molar-refractivity contribution in [3.05, 3.63) is 0 Å². The number of ether oxygens (including phenoxy) is 1. The van der Waals surface area contributed by atoms with Crippen LogP contribution in [0.1, 0.15) is 26.7 Å². The number of carbonyl (C=O) groups excluding carboxylic acids is 1. The molecule has 4 heteroatoms. The van der Waals surface area contributed by atoms with Gasteiger partial charge in [0, 0.05) is 26.7 Å². The van der Waals surface area contributed by atoms with Crippen LogP contribution < -0.4 is 5.32 Å². The standard InChI is InChI=1S/C11H22N2O2/c1-5-15-10-6-9(7-10)12-8(2)11(14)13(3)4/h8-10,12H,5-7H2,1-4H3. The molecule has 0 bridgehead atoms. The Kier molecular flexibility index (Phi) is 4.54. The number of nitrogens with one attached hydrogen (secondary N) is 1. The predicted molar refractivity (Wildman–Crippen MR) is 59.7 cm³/mol. The summed E-state index contributed by atoms with van der Waals surface area (Å²) < 4.78 is 5.46. The number of amides is 1. The van der Waals surface area contributed by atoms with Crippen LogP contribution in [0.25, 0.3) is 0 Å². The summed E-state index contributed by atoms with van der Waals surface area (Å²) in [6.45, 7) is 4.71. The van der Waals surface area contributed by atoms with Crippen molar-refractivity contribution in [1.82, 2.24) is 10.2 Å². The first-order valence-corrected chi connectivity index (χ1v) is 5.63. The van der Waals surface area contributed by atoms with E-state index >= 15 is 0 Å². The van der Waals surface area contributed by atoms with Gasteiger partial charge in [-0.3, -0.25) is 4.79 Å². The van der Waals surface area contributed by atoms with Crippen LogP contribution in [-0.2, 0) is 9.53 Å². The van der Waals surface area contributed by atoms with E-state index in [0.29, 0.717) is 12.1 Å². The highest BCUT2D eigenvalue weighted by Crippen LogP contribution is 2.23. The van der Waals surface area contributed by atoms with Crippen molar-refractivity contribution in [3.63, 3.8) is 0 Å². The second-order valence-corrected chi connectivity index (χ2v) is 4.37. The monoisotopic (exact) mass is 214 g/mol. The first-order chi connectivity index (χ1) is 7.04. The van der Waals surface area contributed by atoms with Crippen LogP contribution in [0.4, 0.5) is 0 Å². The van der Waals surface area contributed by atoms with Crippen molar-refractivity contribution in [3.8, 4) is 0 Å². The van der Waals surface area contributed by atoms with Gasteiger partial charge in [-0.1, -0.05) is 0 Å². The van der Waals surface area contributed by atoms with Gasteiger partial charge in [0.1, 0.15) is 0 Å². The molecule has 0 radical (unpaired) electrons. The summed E-state index contributed by atoms with van der Waals surface area (Å²) in [7, 11) is 3.56. The molecular formula is C11H22N2O2. The summed E-state index contributed by atoms with van der Waals surface area (Å²) in [4.78, 5) is 13.2. The lowest BCUT2D eigenvalue weighted by Crippen LogP contribution is -2.52. The molecule has 1 N–H and O–H groups in total. The molecule has 1 aliphatic carbocycles. The van der Waals surface area contributed by atoms with Gasteiger partial charge < -0.3 is 15.0 Å². The van der Waals surface area contributed by atoms with Crippen molar-refractivity contribution < 1.29 is 9.53 Å². The molecule has 0 saturated heterocycles. The van der Waals surface area contributed by atoms with E-state index in [1.807, 2.05) is 13.8 Å². The Hall–Kier alpha value is -0.610. The van der Waals surface area contributed by atoms with Crippen LogP contribution in [-0.4, -0.2) is 49.7 Å². The molecular weight excluding hydrogens is 192 g/mol. The molecule has 0 spiro atoms. The van der Waals surface area contributed by atoms with E-state index < -0.39 is 0 Å². The van der Waals surface area contributed by atoms with Gasteiger partial charge in [0.05, 0.1) is 12.1 Å². The van der Waals surface area contributed by atoms with Gasteiger partial charge in [0.25, 0.3) is 0 Å². The van der Waals surface area contributed by atoms with Gasteiger partial charge in [-0.15, -0.1) is 0 Å². The van der Waals surface area contributed by atoms with Crippen molar-refractivity contribution in [2.45, 2.75) is 44.9 Å². The Morgan fingerprint density at radius 1 is 1.53 bits per heavy atom. The van der Waals surface area contributed by atoms with Crippen LogP contribution in [0.5, 0.6) is 0 Å². The maximum Gasteiger partial charge on any atom is 0.238 e. The number of hydrogen-bond donors (Lipinski definition) is 1. The molecule has 88 valence electrons. The average Bonchev–Trinajstić information content (AvgIpc) is 2.13. The van der Waals surface area contributed by atoms with Crippen LogP contribution in [0, 0.1) is 0 Å². The highest BCUT2D eigenvalue weighted by Gasteiger charge is 2.31. The van der Waals surface area contributed by atoms with E-state index in [2.05, 4.69) is 5.32 Å². The molecule has 0 aromatic heterocycles. The van der Waals surface area contributed by atoms with E-state index in [9.17, 15) is 4.79 Å². The van der Waals surface area contributed by atoms with Crippen LogP contribution in [0.3, 0.4) is 0 Å². The fourth-order valence-electron chi connectivity index (χ4n) is 1.89. The highest BCUT2D eigenvalue weighted by atomic mass is 16.5. The minimum absolute atomic E-state index is 0.0902. The van der Waals surface area contributed by atoms with Gasteiger partial charge in [0.15, 0.2) is 0 Å². The third-order valence-electron chi connectivity index (χ3n) is 2.79. The topological polar surface area (TPSA) is 41.6 Å². The SMILES string of the molecule is CCOC1CC(NC(C)C(=O)N(C)C)C1.